The van der Waals surface area contributed by atoms with Crippen molar-refractivity contribution in [3.8, 4) is 0 Å². The molecule has 0 heterocycles. The summed E-state index contributed by atoms with van der Waals surface area (Å²) in [5.41, 5.74) is 0.181. The van der Waals surface area contributed by atoms with Crippen LogP contribution in [0.1, 0.15) is 44.2 Å². The lowest BCUT2D eigenvalue weighted by molar-refractivity contribution is 0.320. The lowest BCUT2D eigenvalue weighted by atomic mass is 9.94. The molecule has 98 valence electrons. The van der Waals surface area contributed by atoms with E-state index in [0.29, 0.717) is 12.0 Å². The Bertz CT molecular complexity index is 426. The van der Waals surface area contributed by atoms with Gasteiger partial charge in [0.05, 0.1) is 0 Å². The number of hydrogen-bond acceptors (Lipinski definition) is 1. The highest BCUT2D eigenvalue weighted by Crippen LogP contribution is 2.45. The van der Waals surface area contributed by atoms with Gasteiger partial charge in [-0.3, -0.25) is 0 Å². The van der Waals surface area contributed by atoms with Gasteiger partial charge in [-0.15, -0.1) is 0 Å². The maximum Gasteiger partial charge on any atom is 0.130 e. The van der Waals surface area contributed by atoms with Crippen LogP contribution in [0.5, 0.6) is 0 Å². The molecule has 0 saturated heterocycles. The summed E-state index contributed by atoms with van der Waals surface area (Å²) in [4.78, 5) is 0. The summed E-state index contributed by atoms with van der Waals surface area (Å²) in [5, 5.41) is 3.43. The predicted octanol–water partition coefficient (Wildman–Crippen LogP) is 3.80. The molecule has 0 spiro atoms. The van der Waals surface area contributed by atoms with E-state index in [1.165, 1.54) is 43.9 Å². The van der Waals surface area contributed by atoms with Gasteiger partial charge in [0.2, 0.25) is 0 Å². The van der Waals surface area contributed by atoms with Crippen LogP contribution in [0.25, 0.3) is 0 Å². The van der Waals surface area contributed by atoms with Crippen LogP contribution in [0.2, 0.25) is 0 Å². The zero-order valence-electron chi connectivity index (χ0n) is 10.6. The summed E-state index contributed by atoms with van der Waals surface area (Å²) in [5.74, 6) is 0.661. The van der Waals surface area contributed by atoms with E-state index in [4.69, 9.17) is 0 Å². The van der Waals surface area contributed by atoms with Gasteiger partial charge in [0.1, 0.15) is 11.6 Å². The van der Waals surface area contributed by atoms with E-state index in [2.05, 4.69) is 5.32 Å². The lowest BCUT2D eigenvalue weighted by Crippen LogP contribution is -2.36. The van der Waals surface area contributed by atoms with E-state index < -0.39 is 11.6 Å². The Hall–Kier alpha value is -0.960. The highest BCUT2D eigenvalue weighted by Gasteiger charge is 2.40. The standard InChI is InChI=1S/C15H19F2N/c1-9(15-12(16)3-2-4-13(15)17)18-14-8-10-5-6-11(14)7-10/h2-4,9-11,14,18H,5-8H2,1H3. The van der Waals surface area contributed by atoms with Crippen molar-refractivity contribution in [3.05, 3.63) is 35.4 Å². The number of nitrogens with one attached hydrogen (secondary N) is 1. The van der Waals surface area contributed by atoms with Gasteiger partial charge in [-0.25, -0.2) is 8.78 Å². The Morgan fingerprint density at radius 3 is 2.44 bits per heavy atom. The molecule has 2 bridgehead atoms. The summed E-state index contributed by atoms with van der Waals surface area (Å²) < 4.78 is 27.4. The molecule has 1 aromatic rings. The second kappa shape index (κ2) is 4.61. The van der Waals surface area contributed by atoms with E-state index in [1.54, 1.807) is 0 Å². The summed E-state index contributed by atoms with van der Waals surface area (Å²) in [6, 6.07) is 4.26. The quantitative estimate of drug-likeness (QED) is 0.861. The van der Waals surface area contributed by atoms with Crippen molar-refractivity contribution in [2.24, 2.45) is 11.8 Å². The van der Waals surface area contributed by atoms with Crippen molar-refractivity contribution in [3.63, 3.8) is 0 Å². The Morgan fingerprint density at radius 1 is 1.17 bits per heavy atom. The number of benzene rings is 1. The van der Waals surface area contributed by atoms with Crippen LogP contribution >= 0.6 is 0 Å². The first-order valence-electron chi connectivity index (χ1n) is 6.85. The maximum atomic E-state index is 13.7. The first-order valence-corrected chi connectivity index (χ1v) is 6.85. The predicted molar refractivity (Wildman–Crippen MR) is 67.1 cm³/mol. The number of hydrogen-bond donors (Lipinski definition) is 1. The molecule has 0 radical (unpaired) electrons. The fourth-order valence-electron chi connectivity index (χ4n) is 3.78. The molecule has 0 aromatic heterocycles. The van der Waals surface area contributed by atoms with E-state index in [-0.39, 0.29) is 11.6 Å². The van der Waals surface area contributed by atoms with Gasteiger partial charge >= 0.3 is 0 Å². The van der Waals surface area contributed by atoms with Gasteiger partial charge in [-0.05, 0) is 50.2 Å². The molecule has 2 saturated carbocycles. The minimum Gasteiger partial charge on any atom is -0.307 e. The van der Waals surface area contributed by atoms with Crippen molar-refractivity contribution < 1.29 is 8.78 Å². The molecule has 2 fully saturated rings. The molecular formula is C15H19F2N. The van der Waals surface area contributed by atoms with Crippen molar-refractivity contribution >= 4 is 0 Å². The first-order chi connectivity index (χ1) is 8.65. The summed E-state index contributed by atoms with van der Waals surface area (Å²) in [6.45, 7) is 1.85. The van der Waals surface area contributed by atoms with Gasteiger partial charge in [-0.2, -0.15) is 0 Å². The number of halogens is 2. The van der Waals surface area contributed by atoms with E-state index >= 15 is 0 Å². The second-order valence-electron chi connectivity index (χ2n) is 5.81. The number of rotatable bonds is 3. The monoisotopic (exact) mass is 251 g/mol. The minimum atomic E-state index is -0.446. The van der Waals surface area contributed by atoms with Gasteiger partial charge in [0.25, 0.3) is 0 Å². The van der Waals surface area contributed by atoms with Gasteiger partial charge in [-0.1, -0.05) is 12.5 Å². The van der Waals surface area contributed by atoms with Crippen LogP contribution in [-0.2, 0) is 0 Å². The molecule has 0 aliphatic heterocycles. The molecule has 3 heteroatoms. The normalized spacial score (nSPS) is 31.8. The molecular weight excluding hydrogens is 232 g/mol. The fraction of sp³-hybridized carbons (Fsp3) is 0.600. The van der Waals surface area contributed by atoms with Crippen molar-refractivity contribution in [2.75, 3.05) is 0 Å². The number of fused-ring (bicyclic) bond motifs is 2. The molecule has 4 atom stereocenters. The van der Waals surface area contributed by atoms with E-state index in [0.717, 1.165) is 5.92 Å². The Balaban J connectivity index is 1.73. The molecule has 18 heavy (non-hydrogen) atoms. The third kappa shape index (κ3) is 2.05. The molecule has 0 amide bonds. The first kappa shape index (κ1) is 12.1. The van der Waals surface area contributed by atoms with Crippen LogP contribution in [-0.4, -0.2) is 6.04 Å². The lowest BCUT2D eigenvalue weighted by Gasteiger charge is -2.27. The van der Waals surface area contributed by atoms with Crippen LogP contribution < -0.4 is 5.32 Å². The van der Waals surface area contributed by atoms with Crippen molar-refractivity contribution in [1.29, 1.82) is 0 Å². The summed E-state index contributed by atoms with van der Waals surface area (Å²) >= 11 is 0. The second-order valence-corrected chi connectivity index (χ2v) is 5.81. The van der Waals surface area contributed by atoms with Gasteiger partial charge in [0, 0.05) is 17.6 Å². The molecule has 2 aliphatic rings. The van der Waals surface area contributed by atoms with Gasteiger partial charge in [0.15, 0.2) is 0 Å². The Labute approximate surface area is 107 Å². The van der Waals surface area contributed by atoms with Crippen molar-refractivity contribution in [1.82, 2.24) is 5.32 Å². The topological polar surface area (TPSA) is 12.0 Å². The summed E-state index contributed by atoms with van der Waals surface area (Å²) in [7, 11) is 0. The zero-order valence-corrected chi connectivity index (χ0v) is 10.6. The SMILES string of the molecule is CC(NC1CC2CCC1C2)c1c(F)cccc1F. The van der Waals surface area contributed by atoms with Crippen LogP contribution in [0.15, 0.2) is 18.2 Å². The smallest absolute Gasteiger partial charge is 0.130 e. The van der Waals surface area contributed by atoms with E-state index in [1.807, 2.05) is 6.92 Å². The van der Waals surface area contributed by atoms with Gasteiger partial charge < -0.3 is 5.32 Å². The summed E-state index contributed by atoms with van der Waals surface area (Å²) in [6.07, 6.45) is 5.08. The van der Waals surface area contributed by atoms with Crippen LogP contribution in [0, 0.1) is 23.5 Å². The molecule has 1 aromatic carbocycles. The molecule has 4 unspecified atom stereocenters. The zero-order chi connectivity index (χ0) is 12.7. The maximum absolute atomic E-state index is 13.7. The largest absolute Gasteiger partial charge is 0.307 e. The molecule has 3 rings (SSSR count). The molecule has 2 aliphatic carbocycles. The fourth-order valence-corrected chi connectivity index (χ4v) is 3.78. The molecule has 1 N–H and O–H groups in total. The Kier molecular flexibility index (Phi) is 3.10. The minimum absolute atomic E-state index is 0.181. The van der Waals surface area contributed by atoms with Crippen molar-refractivity contribution in [2.45, 2.75) is 44.7 Å². The molecule has 1 nitrogen and oxygen atoms in total. The average molecular weight is 251 g/mol. The Morgan fingerprint density at radius 2 is 1.89 bits per heavy atom. The highest BCUT2D eigenvalue weighted by molar-refractivity contribution is 5.23. The average Bonchev–Trinajstić information content (AvgIpc) is 2.90. The third-order valence-corrected chi connectivity index (χ3v) is 4.63. The van der Waals surface area contributed by atoms with E-state index in [9.17, 15) is 8.78 Å². The van der Waals surface area contributed by atoms with Crippen LogP contribution in [0.3, 0.4) is 0 Å². The highest BCUT2D eigenvalue weighted by atomic mass is 19.1. The van der Waals surface area contributed by atoms with Crippen LogP contribution in [0.4, 0.5) is 8.78 Å². The third-order valence-electron chi connectivity index (χ3n) is 4.63.